The summed E-state index contributed by atoms with van der Waals surface area (Å²) in [5.74, 6) is -2.34. The van der Waals surface area contributed by atoms with Crippen LogP contribution >= 0.6 is 0 Å². The first-order valence-corrected chi connectivity index (χ1v) is 10.3. The fourth-order valence-corrected chi connectivity index (χ4v) is 2.81. The summed E-state index contributed by atoms with van der Waals surface area (Å²) in [6.45, 7) is 9.48. The molecule has 0 atom stereocenters. The van der Waals surface area contributed by atoms with Crippen LogP contribution < -0.4 is 0 Å². The van der Waals surface area contributed by atoms with Crippen LogP contribution in [0.1, 0.15) is 72.1 Å². The van der Waals surface area contributed by atoms with Gasteiger partial charge in [-0.05, 0) is 46.0 Å². The topological polar surface area (TPSA) is 78.9 Å². The van der Waals surface area contributed by atoms with E-state index in [2.05, 4.69) is 29.6 Å². The second-order valence-electron chi connectivity index (χ2n) is 7.61. The summed E-state index contributed by atoms with van der Waals surface area (Å²) in [5.41, 5.74) is 0.338. The van der Waals surface area contributed by atoms with Crippen molar-refractivity contribution in [3.8, 4) is 0 Å². The van der Waals surface area contributed by atoms with Crippen LogP contribution in [0.5, 0.6) is 0 Å². The second kappa shape index (κ2) is 13.9. The zero-order valence-corrected chi connectivity index (χ0v) is 18.6. The Kier molecular flexibility index (Phi) is 12.8. The predicted octanol–water partition coefficient (Wildman–Crippen LogP) is 5.21. The molecule has 1 saturated carbocycles. The Hall–Kier alpha value is -2.32. The van der Waals surface area contributed by atoms with Crippen molar-refractivity contribution >= 4 is 17.9 Å². The van der Waals surface area contributed by atoms with Crippen molar-refractivity contribution in [2.24, 2.45) is 0 Å². The number of carbonyl (C=O) groups excluding carboxylic acids is 3. The second-order valence-corrected chi connectivity index (χ2v) is 7.61. The van der Waals surface area contributed by atoms with Crippen molar-refractivity contribution in [3.63, 3.8) is 0 Å². The smallest absolute Gasteiger partial charge is 0.422 e. The van der Waals surface area contributed by atoms with Gasteiger partial charge in [0.25, 0.3) is 0 Å². The lowest BCUT2D eigenvalue weighted by Crippen LogP contribution is -2.35. The summed E-state index contributed by atoms with van der Waals surface area (Å²) in [5, 5.41) is 0. The highest BCUT2D eigenvalue weighted by atomic mass is 19.4. The minimum Gasteiger partial charge on any atom is -0.456 e. The van der Waals surface area contributed by atoms with Crippen LogP contribution in [-0.2, 0) is 28.6 Å². The summed E-state index contributed by atoms with van der Waals surface area (Å²) in [7, 11) is 0. The van der Waals surface area contributed by atoms with E-state index in [9.17, 15) is 27.6 Å². The Morgan fingerprint density at radius 1 is 0.871 bits per heavy atom. The molecule has 31 heavy (non-hydrogen) atoms. The van der Waals surface area contributed by atoms with Crippen molar-refractivity contribution in [2.75, 3.05) is 13.2 Å². The zero-order valence-electron chi connectivity index (χ0n) is 18.6. The van der Waals surface area contributed by atoms with E-state index in [1.807, 2.05) is 0 Å². The molecule has 1 aliphatic rings. The van der Waals surface area contributed by atoms with Gasteiger partial charge >= 0.3 is 24.1 Å². The fourth-order valence-electron chi connectivity index (χ4n) is 2.81. The first-order valence-electron chi connectivity index (χ1n) is 10.3. The van der Waals surface area contributed by atoms with Crippen LogP contribution in [0.3, 0.4) is 0 Å². The number of esters is 3. The normalized spacial score (nSPS) is 15.8. The van der Waals surface area contributed by atoms with Gasteiger partial charge in [0.2, 0.25) is 0 Å². The number of rotatable bonds is 7. The Balaban J connectivity index is 0.000000582. The molecule has 1 aliphatic carbocycles. The van der Waals surface area contributed by atoms with Gasteiger partial charge in [-0.3, -0.25) is 0 Å². The molecule has 0 amide bonds. The molecular weight excluding hydrogens is 417 g/mol. The highest BCUT2D eigenvalue weighted by molar-refractivity contribution is 5.88. The van der Waals surface area contributed by atoms with E-state index in [1.54, 1.807) is 6.92 Å². The maximum atomic E-state index is 11.7. The van der Waals surface area contributed by atoms with E-state index in [4.69, 9.17) is 4.74 Å². The first-order chi connectivity index (χ1) is 14.3. The SMILES string of the molecule is C=C(C)C(=O)OC1(CC)CCCCCCC1.C=C(C)C(=O)OCC(=O)OCC(F)(F)F. The summed E-state index contributed by atoms with van der Waals surface area (Å²) in [4.78, 5) is 32.9. The van der Waals surface area contributed by atoms with Crippen LogP contribution in [0.4, 0.5) is 13.2 Å². The van der Waals surface area contributed by atoms with Gasteiger partial charge in [0.05, 0.1) is 0 Å². The van der Waals surface area contributed by atoms with Gasteiger partial charge in [0.15, 0.2) is 13.2 Å². The van der Waals surface area contributed by atoms with Gasteiger partial charge in [-0.2, -0.15) is 13.2 Å². The third-order valence-electron chi connectivity index (χ3n) is 4.63. The molecule has 0 heterocycles. The number of carbonyl (C=O) groups is 3. The maximum absolute atomic E-state index is 11.7. The van der Waals surface area contributed by atoms with Crippen LogP contribution in [0.15, 0.2) is 24.3 Å². The third-order valence-corrected chi connectivity index (χ3v) is 4.63. The Morgan fingerprint density at radius 2 is 1.35 bits per heavy atom. The molecule has 0 aliphatic heterocycles. The van der Waals surface area contributed by atoms with Crippen LogP contribution in [-0.4, -0.2) is 42.9 Å². The van der Waals surface area contributed by atoms with Gasteiger partial charge < -0.3 is 14.2 Å². The van der Waals surface area contributed by atoms with Crippen LogP contribution in [0, 0.1) is 0 Å². The molecule has 0 spiro atoms. The van der Waals surface area contributed by atoms with Gasteiger partial charge in [-0.15, -0.1) is 0 Å². The third kappa shape index (κ3) is 13.6. The molecule has 1 rings (SSSR count). The largest absolute Gasteiger partial charge is 0.456 e. The molecule has 9 heteroatoms. The summed E-state index contributed by atoms with van der Waals surface area (Å²) in [6, 6.07) is 0. The lowest BCUT2D eigenvalue weighted by molar-refractivity contribution is -0.189. The molecule has 0 radical (unpaired) electrons. The minimum atomic E-state index is -4.59. The van der Waals surface area contributed by atoms with E-state index in [0.717, 1.165) is 19.3 Å². The Labute approximate surface area is 181 Å². The molecule has 6 nitrogen and oxygen atoms in total. The first kappa shape index (κ1) is 28.7. The summed E-state index contributed by atoms with van der Waals surface area (Å²) >= 11 is 0. The van der Waals surface area contributed by atoms with Gasteiger partial charge in [0, 0.05) is 11.1 Å². The highest BCUT2D eigenvalue weighted by Crippen LogP contribution is 2.33. The van der Waals surface area contributed by atoms with Crippen molar-refractivity contribution in [1.29, 1.82) is 0 Å². The summed E-state index contributed by atoms with van der Waals surface area (Å²) < 4.78 is 48.3. The molecule has 0 aromatic carbocycles. The van der Waals surface area contributed by atoms with Crippen molar-refractivity contribution in [1.82, 2.24) is 0 Å². The van der Waals surface area contributed by atoms with Crippen LogP contribution in [0.25, 0.3) is 0 Å². The number of halogens is 3. The van der Waals surface area contributed by atoms with Gasteiger partial charge in [0.1, 0.15) is 5.60 Å². The molecule has 0 aromatic heterocycles. The quantitative estimate of drug-likeness (QED) is 0.301. The minimum absolute atomic E-state index is 0.0404. The van der Waals surface area contributed by atoms with E-state index >= 15 is 0 Å². The van der Waals surface area contributed by atoms with Gasteiger partial charge in [-0.25, -0.2) is 14.4 Å². The Bertz CT molecular complexity index is 632. The fraction of sp³-hybridized carbons (Fsp3) is 0.682. The molecule has 0 bridgehead atoms. The average Bonchev–Trinajstić information content (AvgIpc) is 2.66. The van der Waals surface area contributed by atoms with Crippen molar-refractivity contribution in [2.45, 2.75) is 83.9 Å². The molecule has 178 valence electrons. The maximum Gasteiger partial charge on any atom is 0.422 e. The molecular formula is C22H33F3O6. The number of hydrogen-bond donors (Lipinski definition) is 0. The number of hydrogen-bond acceptors (Lipinski definition) is 6. The Morgan fingerprint density at radius 3 is 1.77 bits per heavy atom. The van der Waals surface area contributed by atoms with E-state index < -0.39 is 31.3 Å². The molecule has 0 aromatic rings. The molecule has 0 N–H and O–H groups in total. The predicted molar refractivity (Wildman–Crippen MR) is 109 cm³/mol. The van der Waals surface area contributed by atoms with E-state index in [1.165, 1.54) is 39.0 Å². The van der Waals surface area contributed by atoms with E-state index in [0.29, 0.717) is 5.57 Å². The van der Waals surface area contributed by atoms with E-state index in [-0.39, 0.29) is 17.1 Å². The summed E-state index contributed by atoms with van der Waals surface area (Å²) in [6.07, 6.45) is 4.59. The molecule has 0 saturated heterocycles. The number of ether oxygens (including phenoxy) is 3. The standard InChI is InChI=1S/C14H24O2.C8H9F3O4/c1-4-14(16-13(15)12(2)3)10-8-6-5-7-9-11-14;1-5(2)7(13)14-3-6(12)15-4-8(9,10)11/h2,4-11H2,1,3H3;1,3-4H2,2H3. The lowest BCUT2D eigenvalue weighted by atomic mass is 9.85. The van der Waals surface area contributed by atoms with Crippen molar-refractivity contribution < 1.29 is 41.8 Å². The van der Waals surface area contributed by atoms with Gasteiger partial charge in [-0.1, -0.05) is 39.3 Å². The molecule has 0 unspecified atom stereocenters. The monoisotopic (exact) mass is 450 g/mol. The van der Waals surface area contributed by atoms with Crippen molar-refractivity contribution in [3.05, 3.63) is 24.3 Å². The zero-order chi connectivity index (χ0) is 24.1. The molecule has 1 fully saturated rings. The lowest BCUT2D eigenvalue weighted by Gasteiger charge is -2.34. The number of alkyl halides is 3. The average molecular weight is 450 g/mol. The highest BCUT2D eigenvalue weighted by Gasteiger charge is 2.32. The van der Waals surface area contributed by atoms with Crippen LogP contribution in [0.2, 0.25) is 0 Å².